The van der Waals surface area contributed by atoms with Crippen molar-refractivity contribution in [2.45, 2.75) is 44.9 Å². The highest BCUT2D eigenvalue weighted by Gasteiger charge is 2.60. The number of carbonyl (C=O) groups is 2. The van der Waals surface area contributed by atoms with E-state index in [1.54, 1.807) is 43.2 Å². The molecule has 2 atom stereocenters. The monoisotopic (exact) mass is 556 g/mol. The lowest BCUT2D eigenvalue weighted by Crippen LogP contribution is -2.53. The van der Waals surface area contributed by atoms with Crippen LogP contribution in [-0.2, 0) is 16.0 Å². The minimum absolute atomic E-state index is 0.00944. The molecule has 11 heteroatoms. The standard InChI is InChI=1S/C29H34F2N4O5/c1-4-33(13-14-39-3)11-6-12-34-26(37)29(2)17-22-21-16-20(40-27(30)31)9-10-23(21)32-24(22)25(35(29)28(34)38)18-7-5-8-19(36)15-18/h5,7-10,15-16,25,27,32,36H,4,6,11-14,17H2,1-3H3. The van der Waals surface area contributed by atoms with Crippen molar-refractivity contribution in [2.24, 2.45) is 0 Å². The number of aromatic nitrogens is 1. The lowest BCUT2D eigenvalue weighted by Gasteiger charge is -2.42. The van der Waals surface area contributed by atoms with Crippen molar-refractivity contribution in [3.8, 4) is 11.5 Å². The van der Waals surface area contributed by atoms with E-state index >= 15 is 0 Å². The number of fused-ring (bicyclic) bond motifs is 4. The maximum Gasteiger partial charge on any atom is 0.387 e. The molecule has 1 aromatic heterocycles. The molecule has 5 rings (SSSR count). The van der Waals surface area contributed by atoms with E-state index in [4.69, 9.17) is 4.74 Å². The average molecular weight is 557 g/mol. The number of likely N-dealkylation sites (N-methyl/N-ethyl adjacent to an activating group) is 1. The third kappa shape index (κ3) is 4.88. The number of alkyl halides is 2. The number of hydrogen-bond acceptors (Lipinski definition) is 6. The first-order valence-corrected chi connectivity index (χ1v) is 13.4. The summed E-state index contributed by atoms with van der Waals surface area (Å²) in [5, 5.41) is 10.9. The maximum atomic E-state index is 14.0. The molecule has 1 fully saturated rings. The summed E-state index contributed by atoms with van der Waals surface area (Å²) >= 11 is 0. The van der Waals surface area contributed by atoms with Gasteiger partial charge in [-0.25, -0.2) is 4.79 Å². The Labute approximate surface area is 231 Å². The quantitative estimate of drug-likeness (QED) is 0.338. The molecule has 0 saturated carbocycles. The Morgan fingerprint density at radius 1 is 1.20 bits per heavy atom. The molecule has 1 saturated heterocycles. The Morgan fingerprint density at radius 3 is 2.70 bits per heavy atom. The number of phenolic OH excluding ortho intramolecular Hbond substituents is 1. The van der Waals surface area contributed by atoms with Gasteiger partial charge in [-0.3, -0.25) is 14.6 Å². The number of halogens is 2. The average Bonchev–Trinajstić information content (AvgIpc) is 3.36. The van der Waals surface area contributed by atoms with E-state index in [1.165, 1.54) is 23.1 Å². The summed E-state index contributed by atoms with van der Waals surface area (Å²) < 4.78 is 35.7. The predicted octanol–water partition coefficient (Wildman–Crippen LogP) is 4.50. The molecular formula is C29H34F2N4O5. The molecule has 9 nitrogen and oxygen atoms in total. The first-order chi connectivity index (χ1) is 19.2. The fraction of sp³-hybridized carbons (Fsp3) is 0.448. The summed E-state index contributed by atoms with van der Waals surface area (Å²) in [6.07, 6.45) is 0.810. The predicted molar refractivity (Wildman–Crippen MR) is 145 cm³/mol. The number of benzene rings is 2. The molecule has 214 valence electrons. The zero-order chi connectivity index (χ0) is 28.6. The number of methoxy groups -OCH3 is 1. The number of carbonyl (C=O) groups excluding carboxylic acids is 2. The second-order valence-electron chi connectivity index (χ2n) is 10.4. The zero-order valence-electron chi connectivity index (χ0n) is 22.8. The SMILES string of the molecule is CCN(CCCN1C(=O)N2C(c3cccc(O)c3)c3[nH]c4ccc(OC(F)F)cc4c3CC2(C)C1=O)CCOC. The van der Waals surface area contributed by atoms with Crippen LogP contribution in [0.4, 0.5) is 13.6 Å². The summed E-state index contributed by atoms with van der Waals surface area (Å²) in [6, 6.07) is 10.1. The molecule has 3 amide bonds. The number of imide groups is 1. The number of rotatable bonds is 11. The van der Waals surface area contributed by atoms with Gasteiger partial charge in [0.15, 0.2) is 0 Å². The van der Waals surface area contributed by atoms with Gasteiger partial charge in [0, 0.05) is 43.2 Å². The highest BCUT2D eigenvalue weighted by molar-refractivity contribution is 6.08. The van der Waals surface area contributed by atoms with E-state index in [9.17, 15) is 23.5 Å². The molecule has 0 spiro atoms. The van der Waals surface area contributed by atoms with Gasteiger partial charge in [0.25, 0.3) is 5.91 Å². The van der Waals surface area contributed by atoms with E-state index in [2.05, 4.69) is 21.5 Å². The Morgan fingerprint density at radius 2 is 2.00 bits per heavy atom. The zero-order valence-corrected chi connectivity index (χ0v) is 22.8. The van der Waals surface area contributed by atoms with E-state index in [0.717, 1.165) is 18.7 Å². The largest absolute Gasteiger partial charge is 0.508 e. The summed E-state index contributed by atoms with van der Waals surface area (Å²) in [4.78, 5) is 36.4. The highest BCUT2D eigenvalue weighted by atomic mass is 19.3. The molecule has 3 heterocycles. The topological polar surface area (TPSA) is 98.3 Å². The van der Waals surface area contributed by atoms with Crippen molar-refractivity contribution >= 4 is 22.8 Å². The third-order valence-electron chi connectivity index (χ3n) is 7.96. The smallest absolute Gasteiger partial charge is 0.387 e. The molecule has 0 aliphatic carbocycles. The number of urea groups is 1. The molecular weight excluding hydrogens is 522 g/mol. The molecule has 2 unspecified atom stereocenters. The van der Waals surface area contributed by atoms with Crippen LogP contribution in [0.1, 0.15) is 43.1 Å². The number of phenols is 1. The number of aromatic hydroxyl groups is 1. The first kappa shape index (κ1) is 27.9. The van der Waals surface area contributed by atoms with Crippen LogP contribution in [0.5, 0.6) is 11.5 Å². The van der Waals surface area contributed by atoms with E-state index in [-0.39, 0.29) is 30.4 Å². The van der Waals surface area contributed by atoms with Gasteiger partial charge in [0.2, 0.25) is 0 Å². The Bertz CT molecular complexity index is 1410. The van der Waals surface area contributed by atoms with Crippen molar-refractivity contribution in [3.05, 3.63) is 59.3 Å². The number of hydrogen-bond donors (Lipinski definition) is 2. The Hall–Kier alpha value is -3.70. The van der Waals surface area contributed by atoms with Crippen LogP contribution >= 0.6 is 0 Å². The number of aromatic amines is 1. The Kier molecular flexibility index (Phi) is 7.70. The van der Waals surface area contributed by atoms with Crippen molar-refractivity contribution < 1.29 is 33.0 Å². The van der Waals surface area contributed by atoms with Gasteiger partial charge in [0.05, 0.1) is 6.61 Å². The summed E-state index contributed by atoms with van der Waals surface area (Å²) in [5.74, 6) is -0.265. The second-order valence-corrected chi connectivity index (χ2v) is 10.4. The van der Waals surface area contributed by atoms with Crippen molar-refractivity contribution in [2.75, 3.05) is 39.9 Å². The van der Waals surface area contributed by atoms with Gasteiger partial charge >= 0.3 is 12.6 Å². The fourth-order valence-corrected chi connectivity index (χ4v) is 6.01. The van der Waals surface area contributed by atoms with E-state index in [0.29, 0.717) is 41.7 Å². The van der Waals surface area contributed by atoms with Crippen LogP contribution in [-0.4, -0.2) is 88.8 Å². The number of amides is 3. The van der Waals surface area contributed by atoms with Gasteiger partial charge in [-0.1, -0.05) is 19.1 Å². The van der Waals surface area contributed by atoms with Crippen LogP contribution in [0.25, 0.3) is 10.9 Å². The van der Waals surface area contributed by atoms with Gasteiger partial charge in [-0.15, -0.1) is 0 Å². The van der Waals surface area contributed by atoms with E-state index < -0.39 is 24.2 Å². The van der Waals surface area contributed by atoms with Crippen LogP contribution in [0.15, 0.2) is 42.5 Å². The minimum atomic E-state index is -2.97. The van der Waals surface area contributed by atoms with Crippen LogP contribution in [0.2, 0.25) is 0 Å². The summed E-state index contributed by atoms with van der Waals surface area (Å²) in [6.45, 7) is 4.00. The van der Waals surface area contributed by atoms with Crippen molar-refractivity contribution in [1.29, 1.82) is 0 Å². The number of nitrogens with one attached hydrogen (secondary N) is 1. The number of nitrogens with zero attached hydrogens (tertiary/aromatic N) is 3. The maximum absolute atomic E-state index is 14.0. The number of ether oxygens (including phenoxy) is 2. The number of H-pyrrole nitrogens is 1. The van der Waals surface area contributed by atoms with Gasteiger partial charge in [0.1, 0.15) is 23.1 Å². The molecule has 0 bridgehead atoms. The van der Waals surface area contributed by atoms with Crippen molar-refractivity contribution in [1.82, 2.24) is 19.7 Å². The van der Waals surface area contributed by atoms with Crippen LogP contribution in [0.3, 0.4) is 0 Å². The summed E-state index contributed by atoms with van der Waals surface area (Å²) in [7, 11) is 1.65. The normalized spacial score (nSPS) is 20.6. The second kappa shape index (κ2) is 11.1. The summed E-state index contributed by atoms with van der Waals surface area (Å²) in [5.41, 5.74) is 1.51. The molecule has 0 radical (unpaired) electrons. The van der Waals surface area contributed by atoms with Gasteiger partial charge < -0.3 is 24.5 Å². The van der Waals surface area contributed by atoms with Crippen molar-refractivity contribution in [3.63, 3.8) is 0 Å². The molecule has 3 aromatic rings. The minimum Gasteiger partial charge on any atom is -0.508 e. The lowest BCUT2D eigenvalue weighted by atomic mass is 9.81. The van der Waals surface area contributed by atoms with Crippen LogP contribution < -0.4 is 4.74 Å². The van der Waals surface area contributed by atoms with Crippen LogP contribution in [0, 0.1) is 0 Å². The highest BCUT2D eigenvalue weighted by Crippen LogP contribution is 2.49. The third-order valence-corrected chi connectivity index (χ3v) is 7.96. The lowest BCUT2D eigenvalue weighted by molar-refractivity contribution is -0.133. The molecule has 2 aliphatic heterocycles. The fourth-order valence-electron chi connectivity index (χ4n) is 6.01. The molecule has 2 N–H and O–H groups in total. The molecule has 2 aromatic carbocycles. The first-order valence-electron chi connectivity index (χ1n) is 13.4. The molecule has 40 heavy (non-hydrogen) atoms. The van der Waals surface area contributed by atoms with Gasteiger partial charge in [-0.2, -0.15) is 8.78 Å². The van der Waals surface area contributed by atoms with Gasteiger partial charge in [-0.05, 0) is 67.9 Å². The Balaban J connectivity index is 1.53. The molecule has 2 aliphatic rings. The van der Waals surface area contributed by atoms with E-state index in [1.807, 2.05) is 0 Å².